The minimum Gasteiger partial charge on any atom is -0.495 e. The lowest BCUT2D eigenvalue weighted by Gasteiger charge is -2.15. The molecule has 0 saturated carbocycles. The fourth-order valence-corrected chi connectivity index (χ4v) is 1.59. The van der Waals surface area contributed by atoms with Crippen LogP contribution < -0.4 is 14.8 Å². The van der Waals surface area contributed by atoms with Gasteiger partial charge in [0.1, 0.15) is 11.5 Å². The molecule has 0 spiro atoms. The average Bonchev–Trinajstić information content (AvgIpc) is 2.35. The van der Waals surface area contributed by atoms with E-state index in [2.05, 4.69) is 5.32 Å². The van der Waals surface area contributed by atoms with E-state index in [-0.39, 0.29) is 12.5 Å². The molecule has 0 heterocycles. The molecule has 4 nitrogen and oxygen atoms in total. The van der Waals surface area contributed by atoms with E-state index in [0.29, 0.717) is 23.1 Å². The van der Waals surface area contributed by atoms with Crippen molar-refractivity contribution in [3.05, 3.63) is 17.2 Å². The van der Waals surface area contributed by atoms with Crippen LogP contribution in [0.15, 0.2) is 12.1 Å². The van der Waals surface area contributed by atoms with E-state index in [0.717, 1.165) is 5.69 Å². The molecule has 1 rings (SSSR count). The van der Waals surface area contributed by atoms with Gasteiger partial charge in [0.25, 0.3) is 0 Å². The van der Waals surface area contributed by atoms with Crippen molar-refractivity contribution >= 4 is 17.3 Å². The first-order valence-corrected chi connectivity index (χ1v) is 5.76. The fraction of sp³-hybridized carbons (Fsp3) is 0.500. The van der Waals surface area contributed by atoms with Crippen molar-refractivity contribution in [1.82, 2.24) is 0 Å². The maximum absolute atomic E-state index is 8.96. The van der Waals surface area contributed by atoms with Crippen LogP contribution in [0.25, 0.3) is 0 Å². The van der Waals surface area contributed by atoms with Crippen molar-refractivity contribution in [2.24, 2.45) is 5.92 Å². The molecule has 5 heteroatoms. The van der Waals surface area contributed by atoms with Gasteiger partial charge in [-0.3, -0.25) is 0 Å². The summed E-state index contributed by atoms with van der Waals surface area (Å²) in [6.07, 6.45) is 0. The smallest absolute Gasteiger partial charge is 0.145 e. The lowest BCUT2D eigenvalue weighted by atomic mass is 10.2. The number of halogens is 1. The number of hydrogen-bond acceptors (Lipinski definition) is 4. The summed E-state index contributed by atoms with van der Waals surface area (Å²) in [5.41, 5.74) is 0.790. The predicted molar refractivity (Wildman–Crippen MR) is 69.3 cm³/mol. The van der Waals surface area contributed by atoms with Crippen LogP contribution in [0.1, 0.15) is 6.92 Å². The molecule has 1 aromatic rings. The number of nitrogens with one attached hydrogen (secondary N) is 1. The molecule has 0 aliphatic rings. The van der Waals surface area contributed by atoms with E-state index in [9.17, 15) is 0 Å². The number of anilines is 1. The highest BCUT2D eigenvalue weighted by Crippen LogP contribution is 2.35. The molecule has 0 aliphatic carbocycles. The Bertz CT molecular complexity index is 371. The third-order valence-corrected chi connectivity index (χ3v) is 2.72. The standard InChI is InChI=1S/C12H18ClNO3/c1-8(7-15)6-14-10-4-9(13)11(16-2)5-12(10)17-3/h4-5,8,14-15H,6-7H2,1-3H3. The van der Waals surface area contributed by atoms with Gasteiger partial charge in [-0.2, -0.15) is 0 Å². The Kier molecular flexibility index (Phi) is 5.38. The van der Waals surface area contributed by atoms with E-state index in [1.807, 2.05) is 6.92 Å². The molecule has 1 aromatic carbocycles. The Morgan fingerprint density at radius 3 is 2.47 bits per heavy atom. The maximum Gasteiger partial charge on any atom is 0.145 e. The van der Waals surface area contributed by atoms with E-state index in [4.69, 9.17) is 26.2 Å². The van der Waals surface area contributed by atoms with Crippen molar-refractivity contribution in [3.63, 3.8) is 0 Å². The fourth-order valence-electron chi connectivity index (χ4n) is 1.35. The van der Waals surface area contributed by atoms with Gasteiger partial charge in [0.2, 0.25) is 0 Å². The second kappa shape index (κ2) is 6.57. The largest absolute Gasteiger partial charge is 0.495 e. The summed E-state index contributed by atoms with van der Waals surface area (Å²) in [4.78, 5) is 0. The molecule has 2 N–H and O–H groups in total. The average molecular weight is 260 g/mol. The number of benzene rings is 1. The molecule has 0 saturated heterocycles. The van der Waals surface area contributed by atoms with E-state index < -0.39 is 0 Å². The molecule has 17 heavy (non-hydrogen) atoms. The van der Waals surface area contributed by atoms with E-state index in [1.54, 1.807) is 26.4 Å². The molecular weight excluding hydrogens is 242 g/mol. The quantitative estimate of drug-likeness (QED) is 0.824. The molecule has 0 radical (unpaired) electrons. The van der Waals surface area contributed by atoms with Crippen LogP contribution in [-0.2, 0) is 0 Å². The van der Waals surface area contributed by atoms with Crippen LogP contribution in [0, 0.1) is 5.92 Å². The summed E-state index contributed by atoms with van der Waals surface area (Å²) in [5.74, 6) is 1.40. The monoisotopic (exact) mass is 259 g/mol. The van der Waals surface area contributed by atoms with Gasteiger partial charge in [0.15, 0.2) is 0 Å². The molecule has 1 atom stereocenters. The van der Waals surface area contributed by atoms with Gasteiger partial charge in [-0.1, -0.05) is 18.5 Å². The van der Waals surface area contributed by atoms with E-state index in [1.165, 1.54) is 0 Å². The normalized spacial score (nSPS) is 12.1. The van der Waals surface area contributed by atoms with Crippen LogP contribution in [0.5, 0.6) is 11.5 Å². The van der Waals surface area contributed by atoms with Crippen molar-refractivity contribution in [3.8, 4) is 11.5 Å². The molecular formula is C12H18ClNO3. The highest BCUT2D eigenvalue weighted by atomic mass is 35.5. The Morgan fingerprint density at radius 2 is 1.94 bits per heavy atom. The zero-order valence-corrected chi connectivity index (χ0v) is 11.0. The first kappa shape index (κ1) is 13.9. The summed E-state index contributed by atoms with van der Waals surface area (Å²) in [7, 11) is 3.14. The molecule has 96 valence electrons. The Labute approximate surface area is 106 Å². The van der Waals surface area contributed by atoms with Crippen molar-refractivity contribution < 1.29 is 14.6 Å². The number of methoxy groups -OCH3 is 2. The van der Waals surface area contributed by atoms with E-state index >= 15 is 0 Å². The van der Waals surface area contributed by atoms with Gasteiger partial charge in [-0.15, -0.1) is 0 Å². The van der Waals surface area contributed by atoms with Crippen molar-refractivity contribution in [2.45, 2.75) is 6.92 Å². The Hall–Kier alpha value is -1.13. The van der Waals surface area contributed by atoms with Gasteiger partial charge < -0.3 is 19.9 Å². The Morgan fingerprint density at radius 1 is 1.29 bits per heavy atom. The first-order chi connectivity index (χ1) is 8.12. The first-order valence-electron chi connectivity index (χ1n) is 5.38. The number of ether oxygens (including phenoxy) is 2. The third-order valence-electron chi connectivity index (χ3n) is 2.43. The molecule has 0 aromatic heterocycles. The molecule has 0 bridgehead atoms. The minimum absolute atomic E-state index is 0.138. The summed E-state index contributed by atoms with van der Waals surface area (Å²) < 4.78 is 10.4. The van der Waals surface area contributed by atoms with Crippen molar-refractivity contribution in [2.75, 3.05) is 32.7 Å². The van der Waals surface area contributed by atoms with Gasteiger partial charge in [0.05, 0.1) is 24.9 Å². The highest BCUT2D eigenvalue weighted by Gasteiger charge is 2.10. The molecule has 0 aliphatic heterocycles. The number of aliphatic hydroxyl groups is 1. The third kappa shape index (κ3) is 3.68. The van der Waals surface area contributed by atoms with Gasteiger partial charge >= 0.3 is 0 Å². The molecule has 0 amide bonds. The van der Waals surface area contributed by atoms with Crippen molar-refractivity contribution in [1.29, 1.82) is 0 Å². The van der Waals surface area contributed by atoms with Crippen LogP contribution in [0.3, 0.4) is 0 Å². The highest BCUT2D eigenvalue weighted by molar-refractivity contribution is 6.32. The zero-order chi connectivity index (χ0) is 12.8. The molecule has 0 fully saturated rings. The number of aliphatic hydroxyl groups excluding tert-OH is 1. The second-order valence-corrected chi connectivity index (χ2v) is 4.26. The molecule has 1 unspecified atom stereocenters. The summed E-state index contributed by atoms with van der Waals surface area (Å²) >= 11 is 6.04. The van der Waals surface area contributed by atoms with Gasteiger partial charge in [-0.25, -0.2) is 0 Å². The zero-order valence-electron chi connectivity index (χ0n) is 10.3. The topological polar surface area (TPSA) is 50.7 Å². The van der Waals surface area contributed by atoms with Gasteiger partial charge in [0, 0.05) is 19.2 Å². The van der Waals surface area contributed by atoms with Crippen LogP contribution >= 0.6 is 11.6 Å². The lowest BCUT2D eigenvalue weighted by Crippen LogP contribution is -2.14. The van der Waals surface area contributed by atoms with Crippen LogP contribution in [0.2, 0.25) is 5.02 Å². The predicted octanol–water partition coefficient (Wildman–Crippen LogP) is 2.40. The lowest BCUT2D eigenvalue weighted by molar-refractivity contribution is 0.244. The maximum atomic E-state index is 8.96. The Balaban J connectivity index is 2.87. The van der Waals surface area contributed by atoms with Crippen LogP contribution in [-0.4, -0.2) is 32.5 Å². The number of rotatable bonds is 6. The SMILES string of the molecule is COc1cc(OC)c(NCC(C)CO)cc1Cl. The second-order valence-electron chi connectivity index (χ2n) is 3.86. The summed E-state index contributed by atoms with van der Waals surface area (Å²) in [5, 5.41) is 12.7. The van der Waals surface area contributed by atoms with Crippen LogP contribution in [0.4, 0.5) is 5.69 Å². The number of hydrogen-bond donors (Lipinski definition) is 2. The summed E-state index contributed by atoms with van der Waals surface area (Å²) in [6, 6.07) is 3.48. The van der Waals surface area contributed by atoms with Gasteiger partial charge in [-0.05, 0) is 12.0 Å². The summed E-state index contributed by atoms with van der Waals surface area (Å²) in [6.45, 7) is 2.74. The minimum atomic E-state index is 0.138.